The van der Waals surface area contributed by atoms with Crippen molar-refractivity contribution < 1.29 is 38.8 Å². The number of carbonyl (C=O) groups is 3. The average Bonchev–Trinajstić information content (AvgIpc) is 3.11. The number of ketones is 2. The van der Waals surface area contributed by atoms with Gasteiger partial charge in [-0.05, 0) is 86.5 Å². The number of carboxylic acids is 1. The summed E-state index contributed by atoms with van der Waals surface area (Å²) in [5.41, 5.74) is -0.519. The average molecular weight is 629 g/mol. The minimum Gasteiger partial charge on any atom is -0.507 e. The molecule has 46 heavy (non-hydrogen) atoms. The fraction of sp³-hybridized carbons (Fsp3) is 0.553. The first-order chi connectivity index (χ1) is 21.5. The lowest BCUT2D eigenvalue weighted by atomic mass is 9.51. The number of hydrogen-bond donors (Lipinski definition) is 2. The van der Waals surface area contributed by atoms with E-state index < -0.39 is 34.3 Å². The Labute approximate surface area is 270 Å². The highest BCUT2D eigenvalue weighted by Gasteiger charge is 2.81. The van der Waals surface area contributed by atoms with Gasteiger partial charge in [0.15, 0.2) is 22.8 Å². The molecule has 7 aliphatic rings. The molecule has 8 nitrogen and oxygen atoms in total. The van der Waals surface area contributed by atoms with E-state index in [0.717, 1.165) is 24.0 Å². The van der Waals surface area contributed by atoms with Gasteiger partial charge in [0.25, 0.3) is 0 Å². The summed E-state index contributed by atoms with van der Waals surface area (Å²) in [6.07, 6.45) is 8.47. The maximum absolute atomic E-state index is 15.0. The smallest absolute Gasteiger partial charge is 0.330 e. The van der Waals surface area contributed by atoms with E-state index in [9.17, 15) is 24.6 Å². The molecule has 4 aliphatic carbocycles. The van der Waals surface area contributed by atoms with E-state index in [1.54, 1.807) is 6.08 Å². The number of allylic oxidation sites excluding steroid dienone is 4. The summed E-state index contributed by atoms with van der Waals surface area (Å²) < 4.78 is 20.8. The van der Waals surface area contributed by atoms with Gasteiger partial charge in [0, 0.05) is 46.4 Å². The van der Waals surface area contributed by atoms with Gasteiger partial charge in [0.05, 0.1) is 5.60 Å². The first-order valence-corrected chi connectivity index (χ1v) is 16.5. The Morgan fingerprint density at radius 1 is 1.09 bits per heavy atom. The molecule has 7 unspecified atom stereocenters. The molecule has 0 aromatic heterocycles. The number of benzene rings is 1. The monoisotopic (exact) mass is 628 g/mol. The number of aromatic hydroxyl groups is 1. The minimum atomic E-state index is -1.62. The van der Waals surface area contributed by atoms with Gasteiger partial charge < -0.3 is 24.4 Å². The molecule has 244 valence electrons. The fourth-order valence-corrected chi connectivity index (χ4v) is 9.66. The van der Waals surface area contributed by atoms with Gasteiger partial charge >= 0.3 is 5.97 Å². The molecular formula is C38H44O8. The summed E-state index contributed by atoms with van der Waals surface area (Å²) in [5.74, 6) is -1.93. The summed E-state index contributed by atoms with van der Waals surface area (Å²) in [6, 6.07) is 0. The number of aliphatic carboxylic acids is 1. The van der Waals surface area contributed by atoms with Crippen molar-refractivity contribution in [1.29, 1.82) is 0 Å². The van der Waals surface area contributed by atoms with Crippen molar-refractivity contribution in [1.82, 2.24) is 0 Å². The lowest BCUT2D eigenvalue weighted by Gasteiger charge is -2.56. The minimum absolute atomic E-state index is 0.0580. The van der Waals surface area contributed by atoms with Crippen LogP contribution in [-0.4, -0.2) is 50.2 Å². The van der Waals surface area contributed by atoms with E-state index >= 15 is 0 Å². The Hall–Kier alpha value is -3.65. The van der Waals surface area contributed by atoms with Gasteiger partial charge in [-0.15, -0.1) is 0 Å². The molecule has 6 bridgehead atoms. The third kappa shape index (κ3) is 3.85. The summed E-state index contributed by atoms with van der Waals surface area (Å²) in [4.78, 5) is 41.1. The number of carboxylic acid groups (broad SMARTS) is 1. The summed E-state index contributed by atoms with van der Waals surface area (Å²) in [6.45, 7) is 17.7. The van der Waals surface area contributed by atoms with E-state index in [4.69, 9.17) is 14.2 Å². The van der Waals surface area contributed by atoms with Crippen molar-refractivity contribution in [2.24, 2.45) is 17.8 Å². The Kier molecular flexibility index (Phi) is 6.53. The van der Waals surface area contributed by atoms with Crippen LogP contribution in [-0.2, 0) is 20.7 Å². The van der Waals surface area contributed by atoms with Crippen LogP contribution in [0.25, 0.3) is 0 Å². The standard InChI is InChI=1S/C38H44O8/c1-18(2)9-10-23-31-27(24-17-36(8,44-31)13-12-22(24)19(3)4)30(40)28-29(39)25-15-21-16-26-35(6,7)46-37(33(21)41,14-11-20(5)34(42)43)38(25,26)45-32(23)28/h9,11,15,21-22,24,26,40H,3,10,12-14,16-17H2,1-2,4-8H3,(H,42,43). The van der Waals surface area contributed by atoms with Crippen LogP contribution in [0.1, 0.15) is 108 Å². The lowest BCUT2D eigenvalue weighted by Crippen LogP contribution is -2.72. The predicted molar refractivity (Wildman–Crippen MR) is 171 cm³/mol. The second-order valence-corrected chi connectivity index (χ2v) is 15.5. The number of fused-ring (bicyclic) bond motifs is 5. The summed E-state index contributed by atoms with van der Waals surface area (Å²) in [5, 5.41) is 21.8. The predicted octanol–water partition coefficient (Wildman–Crippen LogP) is 6.94. The van der Waals surface area contributed by atoms with Crippen LogP contribution < -0.4 is 9.47 Å². The van der Waals surface area contributed by atoms with Gasteiger partial charge in [0.2, 0.25) is 0 Å². The van der Waals surface area contributed by atoms with Crippen LogP contribution in [0, 0.1) is 17.8 Å². The molecule has 1 aromatic carbocycles. The zero-order chi connectivity index (χ0) is 33.3. The molecule has 2 saturated carbocycles. The second kappa shape index (κ2) is 9.69. The highest BCUT2D eigenvalue weighted by Crippen LogP contribution is 2.69. The van der Waals surface area contributed by atoms with Gasteiger partial charge in [-0.3, -0.25) is 9.59 Å². The Morgan fingerprint density at radius 2 is 1.80 bits per heavy atom. The molecule has 3 aliphatic heterocycles. The number of rotatable bonds is 6. The van der Waals surface area contributed by atoms with Gasteiger partial charge in [-0.2, -0.15) is 0 Å². The number of hydrogen-bond acceptors (Lipinski definition) is 7. The van der Waals surface area contributed by atoms with Crippen molar-refractivity contribution in [3.05, 3.63) is 63.8 Å². The molecule has 8 heteroatoms. The molecule has 3 heterocycles. The summed E-state index contributed by atoms with van der Waals surface area (Å²) in [7, 11) is 0. The number of ether oxygens (including phenoxy) is 3. The highest BCUT2D eigenvalue weighted by molar-refractivity contribution is 6.18. The van der Waals surface area contributed by atoms with Crippen LogP contribution in [0.3, 0.4) is 0 Å². The largest absolute Gasteiger partial charge is 0.507 e. The molecule has 1 aromatic rings. The van der Waals surface area contributed by atoms with Gasteiger partial charge in [-0.25, -0.2) is 4.79 Å². The maximum atomic E-state index is 15.0. The van der Waals surface area contributed by atoms with Crippen LogP contribution >= 0.6 is 0 Å². The number of Topliss-reactive ketones (excluding diaryl/α,β-unsaturated/α-hetero) is 2. The van der Waals surface area contributed by atoms with Crippen LogP contribution in [0.4, 0.5) is 0 Å². The third-order valence-electron chi connectivity index (χ3n) is 11.8. The second-order valence-electron chi connectivity index (χ2n) is 15.5. The zero-order valence-corrected chi connectivity index (χ0v) is 27.8. The van der Waals surface area contributed by atoms with Gasteiger partial charge in [0.1, 0.15) is 28.4 Å². The Bertz CT molecular complexity index is 1740. The lowest BCUT2D eigenvalue weighted by molar-refractivity contribution is -0.171. The highest BCUT2D eigenvalue weighted by atomic mass is 16.6. The van der Waals surface area contributed by atoms with Gasteiger partial charge in [-0.1, -0.05) is 36.0 Å². The third-order valence-corrected chi connectivity index (χ3v) is 11.8. The molecule has 1 saturated heterocycles. The van der Waals surface area contributed by atoms with E-state index in [-0.39, 0.29) is 58.4 Å². The van der Waals surface area contributed by atoms with Crippen molar-refractivity contribution in [3.8, 4) is 17.2 Å². The number of phenolic OH excluding ortho intramolecular Hbond substituents is 1. The van der Waals surface area contributed by atoms with E-state index in [2.05, 4.69) is 19.6 Å². The Morgan fingerprint density at radius 3 is 2.46 bits per heavy atom. The van der Waals surface area contributed by atoms with Crippen molar-refractivity contribution in [3.63, 3.8) is 0 Å². The first kappa shape index (κ1) is 31.0. The molecule has 1 spiro atoms. The number of phenols is 1. The molecule has 2 N–H and O–H groups in total. The quantitative estimate of drug-likeness (QED) is 0.257. The van der Waals surface area contributed by atoms with E-state index in [1.807, 2.05) is 34.6 Å². The van der Waals surface area contributed by atoms with Crippen LogP contribution in [0.15, 0.2) is 47.1 Å². The topological polar surface area (TPSA) is 119 Å². The molecule has 0 amide bonds. The van der Waals surface area contributed by atoms with Crippen molar-refractivity contribution in [2.45, 2.75) is 115 Å². The van der Waals surface area contributed by atoms with Crippen LogP contribution in [0.5, 0.6) is 17.2 Å². The van der Waals surface area contributed by atoms with E-state index in [1.165, 1.54) is 13.0 Å². The molecular weight excluding hydrogens is 584 g/mol. The normalized spacial score (nSPS) is 36.1. The molecule has 0 radical (unpaired) electrons. The zero-order valence-electron chi connectivity index (χ0n) is 27.8. The number of carbonyl (C=O) groups excluding carboxylic acids is 2. The SMILES string of the molecule is C=C(C)C1CCC2(C)CC1c1c(O)c3c(c(CC=C(C)C)c1O2)OC12C(=CC4CC1C(C)(C)OC2(CC=C(C)C(=O)O)C4=O)C3=O. The van der Waals surface area contributed by atoms with Crippen molar-refractivity contribution in [2.75, 3.05) is 0 Å². The van der Waals surface area contributed by atoms with E-state index in [0.29, 0.717) is 41.7 Å². The van der Waals surface area contributed by atoms with Crippen molar-refractivity contribution >= 4 is 17.5 Å². The maximum Gasteiger partial charge on any atom is 0.330 e. The molecule has 7 atom stereocenters. The Balaban J connectivity index is 1.52. The molecule has 3 fully saturated rings. The fourth-order valence-electron chi connectivity index (χ4n) is 9.66. The van der Waals surface area contributed by atoms with Crippen LogP contribution in [0.2, 0.25) is 0 Å². The summed E-state index contributed by atoms with van der Waals surface area (Å²) >= 11 is 0. The first-order valence-electron chi connectivity index (χ1n) is 16.5. The molecule has 8 rings (SSSR count).